The highest BCUT2D eigenvalue weighted by Gasteiger charge is 2.23. The lowest BCUT2D eigenvalue weighted by Crippen LogP contribution is -2.48. The van der Waals surface area contributed by atoms with Crippen LogP contribution in [0.5, 0.6) is 0 Å². The monoisotopic (exact) mass is 310 g/mol. The largest absolute Gasteiger partial charge is 0.368 e. The van der Waals surface area contributed by atoms with E-state index in [0.29, 0.717) is 5.56 Å². The second kappa shape index (κ2) is 7.58. The molecule has 0 aliphatic heterocycles. The van der Waals surface area contributed by atoms with E-state index < -0.39 is 11.9 Å². The number of nitrogens with two attached hydrogens (primary N) is 1. The number of carbonyl (C=O) groups is 2. The fourth-order valence-corrected chi connectivity index (χ4v) is 2.40. The molecule has 0 saturated carbocycles. The molecule has 0 saturated heterocycles. The normalized spacial score (nSPS) is 13.1. The molecule has 4 heteroatoms. The Labute approximate surface area is 136 Å². The van der Waals surface area contributed by atoms with Crippen molar-refractivity contribution < 1.29 is 9.59 Å². The molecule has 0 unspecified atom stereocenters. The number of amides is 2. The molecule has 0 radical (unpaired) electrons. The molecule has 4 nitrogen and oxygen atoms in total. The van der Waals surface area contributed by atoms with Gasteiger partial charge in [0.2, 0.25) is 5.91 Å². The van der Waals surface area contributed by atoms with Crippen LogP contribution in [0.15, 0.2) is 54.6 Å². The van der Waals surface area contributed by atoms with Gasteiger partial charge in [-0.1, -0.05) is 62.7 Å². The van der Waals surface area contributed by atoms with Gasteiger partial charge in [0.1, 0.15) is 6.04 Å². The maximum Gasteiger partial charge on any atom is 0.251 e. The number of benzene rings is 2. The molecule has 0 heterocycles. The summed E-state index contributed by atoms with van der Waals surface area (Å²) in [5.41, 5.74) is 8.03. The predicted octanol–water partition coefficient (Wildman–Crippen LogP) is 2.98. The SMILES string of the molecule is CC[C@H](C)[C@H](NC(=O)c1ccc(-c2ccccc2)cc1)C(N)=O. The third kappa shape index (κ3) is 4.19. The van der Waals surface area contributed by atoms with Crippen molar-refractivity contribution in [3.05, 3.63) is 60.2 Å². The molecule has 23 heavy (non-hydrogen) atoms. The predicted molar refractivity (Wildman–Crippen MR) is 91.8 cm³/mol. The van der Waals surface area contributed by atoms with Crippen LogP contribution in [0, 0.1) is 5.92 Å². The molecule has 0 aliphatic rings. The number of hydrogen-bond acceptors (Lipinski definition) is 2. The van der Waals surface area contributed by atoms with Gasteiger partial charge in [-0.05, 0) is 29.2 Å². The van der Waals surface area contributed by atoms with Crippen LogP contribution in [-0.4, -0.2) is 17.9 Å². The van der Waals surface area contributed by atoms with E-state index in [1.54, 1.807) is 12.1 Å². The first kappa shape index (κ1) is 16.7. The third-order valence-corrected chi connectivity index (χ3v) is 4.06. The molecule has 120 valence electrons. The second-order valence-corrected chi connectivity index (χ2v) is 5.68. The van der Waals surface area contributed by atoms with E-state index in [-0.39, 0.29) is 11.8 Å². The van der Waals surface area contributed by atoms with Crippen LogP contribution < -0.4 is 11.1 Å². The summed E-state index contributed by atoms with van der Waals surface area (Å²) in [6, 6.07) is 16.6. The van der Waals surface area contributed by atoms with E-state index in [4.69, 9.17) is 5.73 Å². The Hall–Kier alpha value is -2.62. The summed E-state index contributed by atoms with van der Waals surface area (Å²) in [5, 5.41) is 2.73. The van der Waals surface area contributed by atoms with E-state index in [1.165, 1.54) is 0 Å². The molecule has 0 aliphatic carbocycles. The molecule has 0 fully saturated rings. The molecular formula is C19H22N2O2. The Kier molecular flexibility index (Phi) is 5.52. The number of carbonyl (C=O) groups excluding carboxylic acids is 2. The summed E-state index contributed by atoms with van der Waals surface area (Å²) in [6.07, 6.45) is 0.765. The van der Waals surface area contributed by atoms with E-state index >= 15 is 0 Å². The molecule has 0 aromatic heterocycles. The molecule has 2 rings (SSSR count). The number of rotatable bonds is 6. The molecule has 2 aromatic carbocycles. The van der Waals surface area contributed by atoms with Gasteiger partial charge in [0.15, 0.2) is 0 Å². The van der Waals surface area contributed by atoms with Crippen molar-refractivity contribution in [2.24, 2.45) is 11.7 Å². The smallest absolute Gasteiger partial charge is 0.251 e. The summed E-state index contributed by atoms with van der Waals surface area (Å²) >= 11 is 0. The number of hydrogen-bond donors (Lipinski definition) is 2. The molecule has 0 spiro atoms. The zero-order chi connectivity index (χ0) is 16.8. The van der Waals surface area contributed by atoms with Crippen LogP contribution in [0.2, 0.25) is 0 Å². The van der Waals surface area contributed by atoms with Crippen molar-refractivity contribution >= 4 is 11.8 Å². The average Bonchev–Trinajstić information content (AvgIpc) is 2.59. The topological polar surface area (TPSA) is 72.2 Å². The van der Waals surface area contributed by atoms with Gasteiger partial charge in [-0.15, -0.1) is 0 Å². The van der Waals surface area contributed by atoms with Crippen molar-refractivity contribution in [1.82, 2.24) is 5.32 Å². The van der Waals surface area contributed by atoms with Gasteiger partial charge < -0.3 is 11.1 Å². The molecular weight excluding hydrogens is 288 g/mol. The minimum Gasteiger partial charge on any atom is -0.368 e. The van der Waals surface area contributed by atoms with Gasteiger partial charge in [0.25, 0.3) is 5.91 Å². The molecule has 2 aromatic rings. The first-order valence-electron chi connectivity index (χ1n) is 7.78. The van der Waals surface area contributed by atoms with Gasteiger partial charge in [-0.3, -0.25) is 9.59 Å². The summed E-state index contributed by atoms with van der Waals surface area (Å²) in [6.45, 7) is 3.86. The Morgan fingerprint density at radius 2 is 1.57 bits per heavy atom. The molecule has 3 N–H and O–H groups in total. The zero-order valence-electron chi connectivity index (χ0n) is 13.5. The number of primary amides is 1. The Balaban J connectivity index is 2.12. The first-order valence-corrected chi connectivity index (χ1v) is 7.78. The van der Waals surface area contributed by atoms with Gasteiger partial charge in [-0.25, -0.2) is 0 Å². The molecule has 2 atom stereocenters. The van der Waals surface area contributed by atoms with Crippen LogP contribution in [0.1, 0.15) is 30.6 Å². The van der Waals surface area contributed by atoms with Gasteiger partial charge in [0, 0.05) is 5.56 Å². The number of nitrogens with one attached hydrogen (secondary N) is 1. The fourth-order valence-electron chi connectivity index (χ4n) is 2.40. The first-order chi connectivity index (χ1) is 11.0. The van der Waals surface area contributed by atoms with Crippen LogP contribution in [0.25, 0.3) is 11.1 Å². The van der Waals surface area contributed by atoms with Crippen molar-refractivity contribution in [2.75, 3.05) is 0 Å². The summed E-state index contributed by atoms with van der Waals surface area (Å²) < 4.78 is 0. The van der Waals surface area contributed by atoms with Gasteiger partial charge in [0.05, 0.1) is 0 Å². The maximum absolute atomic E-state index is 12.3. The lowest BCUT2D eigenvalue weighted by molar-refractivity contribution is -0.120. The van der Waals surface area contributed by atoms with Crippen molar-refractivity contribution in [3.63, 3.8) is 0 Å². The maximum atomic E-state index is 12.3. The average molecular weight is 310 g/mol. The van der Waals surface area contributed by atoms with Crippen LogP contribution in [-0.2, 0) is 4.79 Å². The Bertz CT molecular complexity index is 666. The van der Waals surface area contributed by atoms with Gasteiger partial charge in [-0.2, -0.15) is 0 Å². The van der Waals surface area contributed by atoms with E-state index in [9.17, 15) is 9.59 Å². The van der Waals surface area contributed by atoms with Gasteiger partial charge >= 0.3 is 0 Å². The Morgan fingerprint density at radius 1 is 1.00 bits per heavy atom. The highest BCUT2D eigenvalue weighted by Crippen LogP contribution is 2.19. The molecule has 2 amide bonds. The standard InChI is InChI=1S/C19H22N2O2/c1-3-13(2)17(18(20)22)21-19(23)16-11-9-15(10-12-16)14-7-5-4-6-8-14/h4-13,17H,3H2,1-2H3,(H2,20,22)(H,21,23)/t13-,17-/m0/s1. The quantitative estimate of drug-likeness (QED) is 0.861. The summed E-state index contributed by atoms with van der Waals surface area (Å²) in [7, 11) is 0. The van der Waals surface area contributed by atoms with E-state index in [0.717, 1.165) is 17.5 Å². The second-order valence-electron chi connectivity index (χ2n) is 5.68. The summed E-state index contributed by atoms with van der Waals surface area (Å²) in [4.78, 5) is 23.8. The van der Waals surface area contributed by atoms with Crippen molar-refractivity contribution in [1.29, 1.82) is 0 Å². The minimum atomic E-state index is -0.652. The highest BCUT2D eigenvalue weighted by molar-refractivity contribution is 5.97. The highest BCUT2D eigenvalue weighted by atomic mass is 16.2. The van der Waals surface area contributed by atoms with Crippen LogP contribution >= 0.6 is 0 Å². The lowest BCUT2D eigenvalue weighted by atomic mass is 9.98. The Morgan fingerprint density at radius 3 is 2.09 bits per heavy atom. The van der Waals surface area contributed by atoms with Crippen molar-refractivity contribution in [3.8, 4) is 11.1 Å². The van der Waals surface area contributed by atoms with Crippen LogP contribution in [0.3, 0.4) is 0 Å². The van der Waals surface area contributed by atoms with Crippen LogP contribution in [0.4, 0.5) is 0 Å². The molecule has 0 bridgehead atoms. The lowest BCUT2D eigenvalue weighted by Gasteiger charge is -2.21. The third-order valence-electron chi connectivity index (χ3n) is 4.06. The van der Waals surface area contributed by atoms with E-state index in [2.05, 4.69) is 5.32 Å². The fraction of sp³-hybridized carbons (Fsp3) is 0.263. The summed E-state index contributed by atoms with van der Waals surface area (Å²) in [5.74, 6) is -0.789. The zero-order valence-corrected chi connectivity index (χ0v) is 13.5. The van der Waals surface area contributed by atoms with Crippen molar-refractivity contribution in [2.45, 2.75) is 26.3 Å². The van der Waals surface area contributed by atoms with E-state index in [1.807, 2.05) is 56.3 Å². The minimum absolute atomic E-state index is 0.0000389.